The number of hydrogen-bond donors (Lipinski definition) is 1. The van der Waals surface area contributed by atoms with Gasteiger partial charge in [-0.15, -0.1) is 10.2 Å². The Balaban J connectivity index is 1.97. The lowest BCUT2D eigenvalue weighted by Crippen LogP contribution is -2.32. The highest BCUT2D eigenvalue weighted by Crippen LogP contribution is 2.26. The highest BCUT2D eigenvalue weighted by Gasteiger charge is 2.21. The van der Waals surface area contributed by atoms with Gasteiger partial charge in [-0.25, -0.2) is 8.42 Å². The van der Waals surface area contributed by atoms with Crippen molar-refractivity contribution in [2.75, 3.05) is 35.8 Å². The van der Waals surface area contributed by atoms with Gasteiger partial charge >= 0.3 is 5.97 Å². The first-order chi connectivity index (χ1) is 14.1. The van der Waals surface area contributed by atoms with E-state index in [-0.39, 0.29) is 11.7 Å². The fourth-order valence-electron chi connectivity index (χ4n) is 2.10. The number of carbonyl (C=O) groups excluding carboxylic acids is 2. The summed E-state index contributed by atoms with van der Waals surface area (Å²) in [6.07, 6.45) is 0.736. The smallest absolute Gasteiger partial charge is 0.316 e. The zero-order chi connectivity index (χ0) is 22.3. The predicted molar refractivity (Wildman–Crippen MR) is 116 cm³/mol. The van der Waals surface area contributed by atoms with Gasteiger partial charge in [-0.2, -0.15) is 0 Å². The van der Waals surface area contributed by atoms with Crippen molar-refractivity contribution < 1.29 is 27.5 Å². The summed E-state index contributed by atoms with van der Waals surface area (Å²) in [7, 11) is -0.610. The van der Waals surface area contributed by atoms with Gasteiger partial charge in [0, 0.05) is 7.05 Å². The van der Waals surface area contributed by atoms with E-state index in [9.17, 15) is 18.0 Å². The van der Waals surface area contributed by atoms with Crippen LogP contribution < -0.4 is 14.4 Å². The van der Waals surface area contributed by atoms with Crippen molar-refractivity contribution in [3.63, 3.8) is 0 Å². The number of nitrogens with one attached hydrogen (secondary N) is 1. The van der Waals surface area contributed by atoms with Crippen molar-refractivity contribution in [2.24, 2.45) is 0 Å². The van der Waals surface area contributed by atoms with E-state index >= 15 is 0 Å². The molecule has 0 unspecified atom stereocenters. The Morgan fingerprint density at radius 1 is 1.27 bits per heavy atom. The third-order valence-corrected chi connectivity index (χ3v) is 6.97. The standard InChI is InChI=1S/C17H22N4O6S3/c1-5-13(27-12-8-6-11(7-9-12)21(2)30(4,24)25)15(23)18-16-19-20-17(29-16)28-10-14(22)26-3/h6-9,13H,5,10H2,1-4H3,(H,18,19,23)/t13-/m1/s1. The molecule has 10 nitrogen and oxygen atoms in total. The van der Waals surface area contributed by atoms with Crippen LogP contribution in [0.15, 0.2) is 28.6 Å². The zero-order valence-electron chi connectivity index (χ0n) is 16.8. The van der Waals surface area contributed by atoms with Crippen LogP contribution >= 0.6 is 23.1 Å². The third-order valence-electron chi connectivity index (χ3n) is 3.82. The predicted octanol–water partition coefficient (Wildman–Crippen LogP) is 2.00. The van der Waals surface area contributed by atoms with Crippen molar-refractivity contribution in [1.82, 2.24) is 10.2 Å². The normalized spacial score (nSPS) is 12.1. The topological polar surface area (TPSA) is 128 Å². The van der Waals surface area contributed by atoms with Gasteiger partial charge in [0.2, 0.25) is 15.2 Å². The van der Waals surface area contributed by atoms with Crippen LogP contribution in [-0.4, -0.2) is 62.8 Å². The second-order valence-electron chi connectivity index (χ2n) is 5.97. The number of thioether (sulfide) groups is 1. The van der Waals surface area contributed by atoms with Crippen LogP contribution in [0, 0.1) is 0 Å². The summed E-state index contributed by atoms with van der Waals surface area (Å²) in [5.74, 6) is -0.247. The van der Waals surface area contributed by atoms with Crippen molar-refractivity contribution in [3.8, 4) is 5.75 Å². The van der Waals surface area contributed by atoms with Crippen molar-refractivity contribution in [2.45, 2.75) is 23.8 Å². The van der Waals surface area contributed by atoms with E-state index in [0.717, 1.165) is 33.7 Å². The maximum absolute atomic E-state index is 12.5. The van der Waals surface area contributed by atoms with E-state index in [1.165, 1.54) is 14.2 Å². The van der Waals surface area contributed by atoms with Gasteiger partial charge < -0.3 is 9.47 Å². The molecule has 1 aromatic heterocycles. The van der Waals surface area contributed by atoms with Crippen LogP contribution in [0.2, 0.25) is 0 Å². The van der Waals surface area contributed by atoms with Gasteiger partial charge in [-0.3, -0.25) is 19.2 Å². The van der Waals surface area contributed by atoms with Crippen LogP contribution in [0.4, 0.5) is 10.8 Å². The summed E-state index contributed by atoms with van der Waals surface area (Å²) in [6, 6.07) is 6.38. The van der Waals surface area contributed by atoms with E-state index < -0.39 is 22.0 Å². The number of nitrogens with zero attached hydrogens (tertiary/aromatic N) is 3. The van der Waals surface area contributed by atoms with Crippen LogP contribution in [-0.2, 0) is 24.3 Å². The molecule has 0 saturated heterocycles. The van der Waals surface area contributed by atoms with Gasteiger partial charge in [0.05, 0.1) is 24.8 Å². The lowest BCUT2D eigenvalue weighted by Gasteiger charge is -2.19. The van der Waals surface area contributed by atoms with Gasteiger partial charge in [-0.05, 0) is 30.7 Å². The number of ether oxygens (including phenoxy) is 2. The molecule has 0 saturated carbocycles. The average molecular weight is 475 g/mol. The van der Waals surface area contributed by atoms with Crippen LogP contribution in [0.1, 0.15) is 13.3 Å². The molecule has 1 heterocycles. The molecule has 0 aliphatic rings. The van der Waals surface area contributed by atoms with E-state index in [0.29, 0.717) is 27.3 Å². The Kier molecular flexibility index (Phi) is 8.43. The third kappa shape index (κ3) is 6.85. The summed E-state index contributed by atoms with van der Waals surface area (Å²) in [4.78, 5) is 23.7. The minimum atomic E-state index is -3.36. The maximum atomic E-state index is 12.5. The molecule has 30 heavy (non-hydrogen) atoms. The number of methoxy groups -OCH3 is 1. The van der Waals surface area contributed by atoms with Crippen LogP contribution in [0.25, 0.3) is 0 Å². The Morgan fingerprint density at radius 3 is 2.50 bits per heavy atom. The summed E-state index contributed by atoms with van der Waals surface area (Å²) >= 11 is 2.30. The fourth-order valence-corrected chi connectivity index (χ4v) is 4.19. The number of esters is 1. The minimum Gasteiger partial charge on any atom is -0.481 e. The average Bonchev–Trinajstić information content (AvgIpc) is 3.16. The molecule has 1 N–H and O–H groups in total. The van der Waals surface area contributed by atoms with Gasteiger partial charge in [-0.1, -0.05) is 30.0 Å². The first-order valence-electron chi connectivity index (χ1n) is 8.68. The second-order valence-corrected chi connectivity index (χ2v) is 10.2. The molecule has 2 aromatic rings. The lowest BCUT2D eigenvalue weighted by molar-refractivity contribution is -0.137. The Bertz CT molecular complexity index is 978. The van der Waals surface area contributed by atoms with Crippen LogP contribution in [0.5, 0.6) is 5.75 Å². The highest BCUT2D eigenvalue weighted by atomic mass is 32.2. The largest absolute Gasteiger partial charge is 0.481 e. The molecular weight excluding hydrogens is 452 g/mol. The van der Waals surface area contributed by atoms with Gasteiger partial charge in [0.25, 0.3) is 5.91 Å². The summed E-state index contributed by atoms with van der Waals surface area (Å²) in [5, 5.41) is 10.7. The van der Waals surface area contributed by atoms with Crippen LogP contribution in [0.3, 0.4) is 0 Å². The summed E-state index contributed by atoms with van der Waals surface area (Å²) in [5.41, 5.74) is 0.480. The number of carbonyl (C=O) groups is 2. The Morgan fingerprint density at radius 2 is 1.93 bits per heavy atom. The van der Waals surface area contributed by atoms with Gasteiger partial charge in [0.15, 0.2) is 10.4 Å². The van der Waals surface area contributed by atoms with E-state index in [4.69, 9.17) is 4.74 Å². The first kappa shape index (κ1) is 23.9. The molecule has 13 heteroatoms. The zero-order valence-corrected chi connectivity index (χ0v) is 19.3. The molecule has 1 atom stereocenters. The van der Waals surface area contributed by atoms with Crippen molar-refractivity contribution >= 4 is 55.8 Å². The quantitative estimate of drug-likeness (QED) is 0.312. The molecule has 2 rings (SSSR count). The molecule has 0 bridgehead atoms. The SMILES string of the molecule is CC[C@@H](Oc1ccc(N(C)S(C)(=O)=O)cc1)C(=O)Nc1nnc(SCC(=O)OC)s1. The van der Waals surface area contributed by atoms with E-state index in [1.807, 2.05) is 0 Å². The molecule has 0 radical (unpaired) electrons. The molecular formula is C17H22N4O6S3. The second kappa shape index (κ2) is 10.6. The maximum Gasteiger partial charge on any atom is 0.316 e. The van der Waals surface area contributed by atoms with E-state index in [2.05, 4.69) is 20.3 Å². The van der Waals surface area contributed by atoms with Crippen molar-refractivity contribution in [3.05, 3.63) is 24.3 Å². The number of sulfonamides is 1. The van der Waals surface area contributed by atoms with Crippen molar-refractivity contribution in [1.29, 1.82) is 0 Å². The number of benzene rings is 1. The molecule has 0 aliphatic carbocycles. The molecule has 0 spiro atoms. The Labute approximate surface area is 183 Å². The molecule has 0 fully saturated rings. The molecule has 164 valence electrons. The summed E-state index contributed by atoms with van der Waals surface area (Å²) < 4.78 is 35.2. The number of rotatable bonds is 10. The number of anilines is 2. The highest BCUT2D eigenvalue weighted by molar-refractivity contribution is 8.01. The molecule has 1 aromatic carbocycles. The van der Waals surface area contributed by atoms with E-state index in [1.54, 1.807) is 31.2 Å². The molecule has 0 aliphatic heterocycles. The number of amides is 1. The lowest BCUT2D eigenvalue weighted by atomic mass is 10.2. The monoisotopic (exact) mass is 474 g/mol. The number of hydrogen-bond acceptors (Lipinski definition) is 10. The minimum absolute atomic E-state index is 0.101. The van der Waals surface area contributed by atoms with Gasteiger partial charge in [0.1, 0.15) is 5.75 Å². The first-order valence-corrected chi connectivity index (χ1v) is 12.3. The number of aromatic nitrogens is 2. The Hall–Kier alpha value is -2.38. The fraction of sp³-hybridized carbons (Fsp3) is 0.412. The molecule has 1 amide bonds. The summed E-state index contributed by atoms with van der Waals surface area (Å²) in [6.45, 7) is 1.80.